The molecule has 1 atom stereocenters. The van der Waals surface area contributed by atoms with Crippen molar-refractivity contribution in [3.8, 4) is 11.5 Å². The fraction of sp³-hybridized carbons (Fsp3) is 0.0294. The predicted molar refractivity (Wildman–Crippen MR) is 160 cm³/mol. The van der Waals surface area contributed by atoms with E-state index in [1.54, 1.807) is 23.1 Å². The highest BCUT2D eigenvalue weighted by Gasteiger charge is 2.47. The number of anilines is 4. The van der Waals surface area contributed by atoms with Crippen LogP contribution in [0.15, 0.2) is 146 Å². The lowest BCUT2D eigenvalue weighted by atomic mass is 9.81. The fourth-order valence-electron chi connectivity index (χ4n) is 4.92. The van der Waals surface area contributed by atoms with Crippen LogP contribution in [0.1, 0.15) is 5.56 Å². The highest BCUT2D eigenvalue weighted by Crippen LogP contribution is 2.48. The van der Waals surface area contributed by atoms with Gasteiger partial charge in [0.15, 0.2) is 11.8 Å². The van der Waals surface area contributed by atoms with Gasteiger partial charge in [0.25, 0.3) is 0 Å². The number of ketones is 1. The zero-order valence-corrected chi connectivity index (χ0v) is 21.7. The van der Waals surface area contributed by atoms with Gasteiger partial charge in [-0.25, -0.2) is 0 Å². The molecule has 0 fully saturated rings. The molecule has 198 valence electrons. The minimum Gasteiger partial charge on any atom is -0.509 e. The molecule has 1 aliphatic rings. The molecular weight excluding hydrogens is 500 g/mol. The van der Waals surface area contributed by atoms with Crippen LogP contribution in [0.3, 0.4) is 0 Å². The highest BCUT2D eigenvalue weighted by atomic mass is 16.3. The molecule has 0 saturated heterocycles. The third-order valence-corrected chi connectivity index (χ3v) is 6.70. The Morgan fingerprint density at radius 3 is 1.60 bits per heavy atom. The van der Waals surface area contributed by atoms with E-state index in [-0.39, 0.29) is 28.4 Å². The first-order valence-electron chi connectivity index (χ1n) is 12.7. The number of aliphatic hydroxyl groups excluding tert-OH is 1. The van der Waals surface area contributed by atoms with Crippen LogP contribution in [0.25, 0.3) is 5.57 Å². The van der Waals surface area contributed by atoms with Crippen LogP contribution in [-0.4, -0.2) is 27.1 Å². The summed E-state index contributed by atoms with van der Waals surface area (Å²) < 4.78 is 0. The Kier molecular flexibility index (Phi) is 7.25. The monoisotopic (exact) mass is 528 g/mol. The standard InChI is InChI=1S/C34H28N2O4/c1-3-14-23(4-2)36(26-19-12-7-13-20-26)32-33(39)31(34(32)40)30-28(37)21-27(22-29(30)38)35(24-15-8-5-9-16-24)25-17-10-6-11-18-25/h3-22,32,37-39H,1-2H2/b23-14+. The fourth-order valence-corrected chi connectivity index (χ4v) is 4.92. The number of aliphatic hydroxyl groups is 1. The van der Waals surface area contributed by atoms with Crippen LogP contribution >= 0.6 is 0 Å². The third kappa shape index (κ3) is 4.63. The highest BCUT2D eigenvalue weighted by molar-refractivity contribution is 6.34. The molecule has 0 heterocycles. The molecule has 0 spiro atoms. The number of aromatic hydroxyl groups is 2. The van der Waals surface area contributed by atoms with E-state index in [2.05, 4.69) is 13.2 Å². The number of carbonyl (C=O) groups is 1. The molecule has 6 nitrogen and oxygen atoms in total. The largest absolute Gasteiger partial charge is 0.509 e. The van der Waals surface area contributed by atoms with Gasteiger partial charge in [-0.3, -0.25) is 4.79 Å². The molecule has 5 rings (SSSR count). The number of Topliss-reactive ketones (excluding diaryl/α,β-unsaturated/α-hetero) is 1. The zero-order valence-electron chi connectivity index (χ0n) is 21.7. The molecule has 0 aromatic heterocycles. The Bertz CT molecular complexity index is 1560. The number of allylic oxidation sites excluding steroid dienone is 3. The average Bonchev–Trinajstić information content (AvgIpc) is 2.98. The molecule has 4 aromatic rings. The van der Waals surface area contributed by atoms with Crippen molar-refractivity contribution in [2.45, 2.75) is 6.04 Å². The second kappa shape index (κ2) is 11.1. The van der Waals surface area contributed by atoms with E-state index >= 15 is 0 Å². The summed E-state index contributed by atoms with van der Waals surface area (Å²) in [7, 11) is 0. The van der Waals surface area contributed by atoms with Gasteiger partial charge in [-0.1, -0.05) is 73.8 Å². The van der Waals surface area contributed by atoms with Gasteiger partial charge in [0.1, 0.15) is 17.3 Å². The molecule has 3 N–H and O–H groups in total. The average molecular weight is 529 g/mol. The van der Waals surface area contributed by atoms with Gasteiger partial charge >= 0.3 is 0 Å². The van der Waals surface area contributed by atoms with Gasteiger partial charge in [-0.2, -0.15) is 0 Å². The van der Waals surface area contributed by atoms with Crippen molar-refractivity contribution in [2.75, 3.05) is 9.80 Å². The quantitative estimate of drug-likeness (QED) is 0.195. The van der Waals surface area contributed by atoms with E-state index < -0.39 is 11.8 Å². The number of hydrogen-bond donors (Lipinski definition) is 3. The van der Waals surface area contributed by atoms with Gasteiger partial charge in [-0.15, -0.1) is 0 Å². The number of nitrogens with zero attached hydrogens (tertiary/aromatic N) is 2. The van der Waals surface area contributed by atoms with Crippen molar-refractivity contribution >= 4 is 34.1 Å². The normalized spacial score (nSPS) is 14.8. The summed E-state index contributed by atoms with van der Waals surface area (Å²) in [5, 5.41) is 33.5. The van der Waals surface area contributed by atoms with Gasteiger partial charge in [0.05, 0.1) is 16.8 Å². The lowest BCUT2D eigenvalue weighted by Gasteiger charge is -2.39. The van der Waals surface area contributed by atoms with Gasteiger partial charge in [0, 0.05) is 34.9 Å². The van der Waals surface area contributed by atoms with Gasteiger partial charge < -0.3 is 25.1 Å². The lowest BCUT2D eigenvalue weighted by molar-refractivity contribution is -0.116. The van der Waals surface area contributed by atoms with Gasteiger partial charge in [0.2, 0.25) is 0 Å². The maximum Gasteiger partial charge on any atom is 0.197 e. The zero-order chi connectivity index (χ0) is 28.2. The van der Waals surface area contributed by atoms with Crippen molar-refractivity contribution in [2.24, 2.45) is 0 Å². The summed E-state index contributed by atoms with van der Waals surface area (Å²) in [6, 6.07) is 30.0. The number of phenolic OH excluding ortho intramolecular Hbond substituents is 2. The molecule has 0 bridgehead atoms. The van der Waals surface area contributed by atoms with Crippen molar-refractivity contribution in [3.05, 3.63) is 152 Å². The Hall–Kier alpha value is -5.49. The molecule has 0 amide bonds. The number of para-hydroxylation sites is 3. The van der Waals surface area contributed by atoms with Crippen molar-refractivity contribution in [1.82, 2.24) is 0 Å². The predicted octanol–water partition coefficient (Wildman–Crippen LogP) is 7.55. The number of benzene rings is 4. The molecule has 1 unspecified atom stereocenters. The number of carbonyl (C=O) groups excluding carboxylic acids is 1. The first-order valence-corrected chi connectivity index (χ1v) is 12.7. The molecule has 4 aromatic carbocycles. The van der Waals surface area contributed by atoms with E-state index in [0.29, 0.717) is 17.1 Å². The summed E-state index contributed by atoms with van der Waals surface area (Å²) in [6.07, 6.45) is 4.82. The summed E-state index contributed by atoms with van der Waals surface area (Å²) in [6.45, 7) is 7.58. The SMILES string of the molecule is C=C/C=C(\C=C)N(c1ccccc1)C1C(=O)C(c2c(O)cc(N(c3ccccc3)c3ccccc3)cc2O)=C1O. The van der Waals surface area contributed by atoms with Crippen LogP contribution in [0.4, 0.5) is 22.7 Å². The van der Waals surface area contributed by atoms with Crippen LogP contribution < -0.4 is 9.80 Å². The van der Waals surface area contributed by atoms with E-state index in [1.165, 1.54) is 12.1 Å². The Morgan fingerprint density at radius 1 is 0.700 bits per heavy atom. The van der Waals surface area contributed by atoms with E-state index in [1.807, 2.05) is 95.9 Å². The first-order chi connectivity index (χ1) is 19.5. The smallest absolute Gasteiger partial charge is 0.197 e. The number of phenols is 2. The van der Waals surface area contributed by atoms with Crippen molar-refractivity contribution < 1.29 is 20.1 Å². The molecule has 1 aliphatic carbocycles. The number of rotatable bonds is 9. The first kappa shape index (κ1) is 26.1. The topological polar surface area (TPSA) is 84.2 Å². The van der Waals surface area contributed by atoms with E-state index in [9.17, 15) is 20.1 Å². The molecule has 6 heteroatoms. The lowest BCUT2D eigenvalue weighted by Crippen LogP contribution is -2.49. The third-order valence-electron chi connectivity index (χ3n) is 6.70. The van der Waals surface area contributed by atoms with Crippen molar-refractivity contribution in [1.29, 1.82) is 0 Å². The van der Waals surface area contributed by atoms with Crippen LogP contribution in [-0.2, 0) is 4.79 Å². The maximum atomic E-state index is 13.6. The molecule has 0 saturated carbocycles. The molecular formula is C34H28N2O4. The molecule has 0 aliphatic heterocycles. The van der Waals surface area contributed by atoms with Crippen molar-refractivity contribution in [3.63, 3.8) is 0 Å². The Labute approximate surface area is 233 Å². The van der Waals surface area contributed by atoms with Crippen LogP contribution in [0, 0.1) is 0 Å². The van der Waals surface area contributed by atoms with Crippen LogP contribution in [0.5, 0.6) is 11.5 Å². The second-order valence-electron chi connectivity index (χ2n) is 9.13. The van der Waals surface area contributed by atoms with E-state index in [4.69, 9.17) is 0 Å². The molecule has 40 heavy (non-hydrogen) atoms. The van der Waals surface area contributed by atoms with Gasteiger partial charge in [-0.05, 0) is 48.6 Å². The second-order valence-corrected chi connectivity index (χ2v) is 9.13. The summed E-state index contributed by atoms with van der Waals surface area (Å²) in [5.41, 5.74) is 3.05. The minimum absolute atomic E-state index is 0.121. The van der Waals surface area contributed by atoms with Crippen LogP contribution in [0.2, 0.25) is 0 Å². The summed E-state index contributed by atoms with van der Waals surface area (Å²) >= 11 is 0. The maximum absolute atomic E-state index is 13.6. The Balaban J connectivity index is 1.59. The molecule has 0 radical (unpaired) electrons. The minimum atomic E-state index is -1.06. The summed E-state index contributed by atoms with van der Waals surface area (Å²) in [4.78, 5) is 17.1. The number of hydrogen-bond acceptors (Lipinski definition) is 6. The van der Waals surface area contributed by atoms with E-state index in [0.717, 1.165) is 11.4 Å². The Morgan fingerprint density at radius 2 is 1.18 bits per heavy atom. The summed E-state index contributed by atoms with van der Waals surface area (Å²) in [5.74, 6) is -1.40.